The summed E-state index contributed by atoms with van der Waals surface area (Å²) in [4.78, 5) is 18.0. The quantitative estimate of drug-likeness (QED) is 0.761. The summed E-state index contributed by atoms with van der Waals surface area (Å²) in [5, 5.41) is 9.36. The predicted molar refractivity (Wildman–Crippen MR) is 65.8 cm³/mol. The van der Waals surface area contributed by atoms with E-state index in [1.165, 1.54) is 0 Å². The van der Waals surface area contributed by atoms with Crippen molar-refractivity contribution in [3.05, 3.63) is 11.6 Å². The molecule has 0 radical (unpaired) electrons. The Morgan fingerprint density at radius 1 is 1.47 bits per heavy atom. The number of hydrogen-bond acceptors (Lipinski definition) is 4. The van der Waals surface area contributed by atoms with E-state index in [4.69, 9.17) is 0 Å². The Balaban J connectivity index is 2.45. The van der Waals surface area contributed by atoms with Gasteiger partial charge in [-0.3, -0.25) is 9.89 Å². The van der Waals surface area contributed by atoms with Crippen molar-refractivity contribution in [1.29, 1.82) is 0 Å². The lowest BCUT2D eigenvalue weighted by Crippen LogP contribution is -2.42. The normalized spacial score (nSPS) is 12.8. The minimum atomic E-state index is -0.228. The zero-order valence-electron chi connectivity index (χ0n) is 10.9. The second-order valence-electron chi connectivity index (χ2n) is 4.10. The van der Waals surface area contributed by atoms with Crippen molar-refractivity contribution < 1.29 is 4.79 Å². The Kier molecular flexibility index (Phi) is 5.09. The molecule has 0 spiro atoms. The Bertz CT molecular complexity index is 358. The molecular formula is C11H21N5O. The molecule has 1 unspecified atom stereocenters. The highest BCUT2D eigenvalue weighted by Gasteiger charge is 2.15. The number of aromatic nitrogens is 3. The third-order valence-electron chi connectivity index (χ3n) is 2.60. The monoisotopic (exact) mass is 239 g/mol. The molecule has 6 nitrogen and oxygen atoms in total. The van der Waals surface area contributed by atoms with Gasteiger partial charge < -0.3 is 10.2 Å². The number of nitrogens with one attached hydrogen (secondary N) is 2. The number of aromatic amines is 1. The van der Waals surface area contributed by atoms with Crippen LogP contribution in [0.4, 0.5) is 0 Å². The summed E-state index contributed by atoms with van der Waals surface area (Å²) in [5.74, 6) is 0.620. The number of likely N-dealkylation sites (N-methyl/N-ethyl adjacent to an activating group) is 1. The van der Waals surface area contributed by atoms with Gasteiger partial charge in [-0.1, -0.05) is 13.8 Å². The Morgan fingerprint density at radius 2 is 2.12 bits per heavy atom. The molecule has 96 valence electrons. The smallest absolute Gasteiger partial charge is 0.291 e. The van der Waals surface area contributed by atoms with Crippen molar-refractivity contribution >= 4 is 5.91 Å². The molecule has 1 rings (SSSR count). The predicted octanol–water partition coefficient (Wildman–Crippen LogP) is 0.573. The van der Waals surface area contributed by atoms with Crippen LogP contribution < -0.4 is 5.32 Å². The largest absolute Gasteiger partial charge is 0.346 e. The van der Waals surface area contributed by atoms with Crippen LogP contribution in [0.2, 0.25) is 0 Å². The van der Waals surface area contributed by atoms with Gasteiger partial charge in [-0.15, -0.1) is 5.10 Å². The molecule has 1 amide bonds. The highest BCUT2D eigenvalue weighted by molar-refractivity contribution is 5.90. The zero-order chi connectivity index (χ0) is 12.8. The zero-order valence-corrected chi connectivity index (χ0v) is 10.9. The summed E-state index contributed by atoms with van der Waals surface area (Å²) in [6, 6.07) is 0.0845. The fraction of sp³-hybridized carbons (Fsp3) is 0.727. The van der Waals surface area contributed by atoms with Crippen molar-refractivity contribution in [1.82, 2.24) is 25.4 Å². The number of nitrogens with zero attached hydrogens (tertiary/aromatic N) is 3. The van der Waals surface area contributed by atoms with Crippen molar-refractivity contribution in [2.75, 3.05) is 19.6 Å². The van der Waals surface area contributed by atoms with Crippen LogP contribution in [0, 0.1) is 6.92 Å². The van der Waals surface area contributed by atoms with Crippen molar-refractivity contribution in [2.24, 2.45) is 0 Å². The number of hydrogen-bond donors (Lipinski definition) is 2. The van der Waals surface area contributed by atoms with Crippen molar-refractivity contribution in [2.45, 2.75) is 33.7 Å². The molecule has 0 bridgehead atoms. The number of carbonyl (C=O) groups excluding carboxylic acids is 1. The van der Waals surface area contributed by atoms with Gasteiger partial charge in [-0.05, 0) is 26.9 Å². The van der Waals surface area contributed by atoms with E-state index in [1.807, 2.05) is 6.92 Å². The minimum Gasteiger partial charge on any atom is -0.346 e. The topological polar surface area (TPSA) is 73.9 Å². The van der Waals surface area contributed by atoms with Gasteiger partial charge in [-0.2, -0.15) is 0 Å². The number of carbonyl (C=O) groups is 1. The molecule has 0 aliphatic rings. The molecule has 0 saturated carbocycles. The van der Waals surface area contributed by atoms with E-state index >= 15 is 0 Å². The van der Waals surface area contributed by atoms with E-state index in [0.717, 1.165) is 19.6 Å². The molecule has 1 aromatic heterocycles. The minimum absolute atomic E-state index is 0.0845. The molecule has 1 aromatic rings. The number of H-pyrrole nitrogens is 1. The maximum atomic E-state index is 11.8. The summed E-state index contributed by atoms with van der Waals surface area (Å²) >= 11 is 0. The molecule has 0 fully saturated rings. The standard InChI is InChI=1S/C11H21N5O/c1-5-16(6-2)7-8(3)12-11(17)10-13-9(4)14-15-10/h8H,5-7H2,1-4H3,(H,12,17)(H,13,14,15). The summed E-state index contributed by atoms with van der Waals surface area (Å²) in [6.45, 7) is 10.8. The molecular weight excluding hydrogens is 218 g/mol. The molecule has 0 aliphatic carbocycles. The van der Waals surface area contributed by atoms with Gasteiger partial charge >= 0.3 is 0 Å². The van der Waals surface area contributed by atoms with Crippen molar-refractivity contribution in [3.8, 4) is 0 Å². The summed E-state index contributed by atoms with van der Waals surface area (Å²) < 4.78 is 0. The third kappa shape index (κ3) is 4.14. The first-order chi connectivity index (χ1) is 8.06. The lowest BCUT2D eigenvalue weighted by molar-refractivity contribution is 0.0920. The fourth-order valence-electron chi connectivity index (χ4n) is 1.65. The average molecular weight is 239 g/mol. The van der Waals surface area contributed by atoms with Crippen LogP contribution in [-0.2, 0) is 0 Å². The molecule has 6 heteroatoms. The lowest BCUT2D eigenvalue weighted by Gasteiger charge is -2.22. The van der Waals surface area contributed by atoms with Gasteiger partial charge in [0, 0.05) is 12.6 Å². The van der Waals surface area contributed by atoms with Crippen LogP contribution in [0.15, 0.2) is 0 Å². The Hall–Kier alpha value is -1.43. The van der Waals surface area contributed by atoms with Gasteiger partial charge in [-0.25, -0.2) is 4.98 Å². The lowest BCUT2D eigenvalue weighted by atomic mass is 10.3. The second-order valence-corrected chi connectivity index (χ2v) is 4.10. The summed E-state index contributed by atoms with van der Waals surface area (Å²) in [5.41, 5.74) is 0. The Morgan fingerprint density at radius 3 is 2.59 bits per heavy atom. The van der Waals surface area contributed by atoms with Crippen LogP contribution in [0.3, 0.4) is 0 Å². The van der Waals surface area contributed by atoms with Crippen LogP contribution in [0.25, 0.3) is 0 Å². The van der Waals surface area contributed by atoms with Crippen LogP contribution in [0.5, 0.6) is 0 Å². The van der Waals surface area contributed by atoms with E-state index in [-0.39, 0.29) is 17.8 Å². The van der Waals surface area contributed by atoms with Gasteiger partial charge in [0.05, 0.1) is 0 Å². The second kappa shape index (κ2) is 6.34. The Labute approximate surface area is 102 Å². The van der Waals surface area contributed by atoms with Crippen LogP contribution >= 0.6 is 0 Å². The molecule has 0 aromatic carbocycles. The number of aryl methyl sites for hydroxylation is 1. The first kappa shape index (κ1) is 13.6. The first-order valence-corrected chi connectivity index (χ1v) is 5.99. The summed E-state index contributed by atoms with van der Waals surface area (Å²) in [7, 11) is 0. The van der Waals surface area contributed by atoms with Crippen LogP contribution in [-0.4, -0.2) is 51.7 Å². The molecule has 1 heterocycles. The van der Waals surface area contributed by atoms with E-state index in [0.29, 0.717) is 5.82 Å². The SMILES string of the molecule is CCN(CC)CC(C)NC(=O)c1n[nH]c(C)n1. The van der Waals surface area contributed by atoms with Gasteiger partial charge in [0.2, 0.25) is 5.82 Å². The average Bonchev–Trinajstić information content (AvgIpc) is 2.72. The van der Waals surface area contributed by atoms with E-state index in [2.05, 4.69) is 39.2 Å². The third-order valence-corrected chi connectivity index (χ3v) is 2.60. The fourth-order valence-corrected chi connectivity index (χ4v) is 1.65. The van der Waals surface area contributed by atoms with Crippen LogP contribution in [0.1, 0.15) is 37.2 Å². The number of rotatable bonds is 6. The van der Waals surface area contributed by atoms with Gasteiger partial charge in [0.15, 0.2) is 0 Å². The highest BCUT2D eigenvalue weighted by Crippen LogP contribution is 1.95. The molecule has 0 saturated heterocycles. The number of amides is 1. The van der Waals surface area contributed by atoms with Gasteiger partial charge in [0.25, 0.3) is 5.91 Å². The molecule has 17 heavy (non-hydrogen) atoms. The summed E-state index contributed by atoms with van der Waals surface area (Å²) in [6.07, 6.45) is 0. The molecule has 1 atom stereocenters. The molecule has 0 aliphatic heterocycles. The van der Waals surface area contributed by atoms with E-state index < -0.39 is 0 Å². The van der Waals surface area contributed by atoms with Gasteiger partial charge in [0.1, 0.15) is 5.82 Å². The van der Waals surface area contributed by atoms with E-state index in [9.17, 15) is 4.79 Å². The van der Waals surface area contributed by atoms with E-state index in [1.54, 1.807) is 6.92 Å². The van der Waals surface area contributed by atoms with Crippen molar-refractivity contribution in [3.63, 3.8) is 0 Å². The highest BCUT2D eigenvalue weighted by atomic mass is 16.2. The maximum absolute atomic E-state index is 11.8. The molecule has 2 N–H and O–H groups in total. The maximum Gasteiger partial charge on any atom is 0.291 e. The first-order valence-electron chi connectivity index (χ1n) is 5.99.